The largest absolute Gasteiger partial charge is 0.493 e. The van der Waals surface area contributed by atoms with E-state index < -0.39 is 0 Å². The molecule has 3 heterocycles. The number of hydrogen-bond donors (Lipinski definition) is 2. The van der Waals surface area contributed by atoms with Gasteiger partial charge in [0.15, 0.2) is 0 Å². The lowest BCUT2D eigenvalue weighted by Crippen LogP contribution is -2.38. The summed E-state index contributed by atoms with van der Waals surface area (Å²) >= 11 is 0. The molecular formula is C19H28N6O2. The Kier molecular flexibility index (Phi) is 6.78. The second kappa shape index (κ2) is 9.48. The molecule has 1 fully saturated rings. The van der Waals surface area contributed by atoms with E-state index in [1.54, 1.807) is 18.7 Å². The number of aliphatic hydroxyl groups is 1. The fourth-order valence-corrected chi connectivity index (χ4v) is 3.28. The highest BCUT2D eigenvalue weighted by Gasteiger charge is 2.32. The van der Waals surface area contributed by atoms with E-state index in [2.05, 4.69) is 30.1 Å². The molecule has 1 saturated heterocycles. The van der Waals surface area contributed by atoms with E-state index in [1.165, 1.54) is 0 Å². The lowest BCUT2D eigenvalue weighted by atomic mass is 10.2. The Morgan fingerprint density at radius 3 is 2.89 bits per heavy atom. The first-order valence-electron chi connectivity index (χ1n) is 9.30. The highest BCUT2D eigenvalue weighted by atomic mass is 16.5. The number of hydrogen-bond acceptors (Lipinski definition) is 8. The van der Waals surface area contributed by atoms with Crippen LogP contribution in [0.1, 0.15) is 12.8 Å². The molecule has 2 N–H and O–H groups in total. The Labute approximate surface area is 160 Å². The molecular weight excluding hydrogens is 344 g/mol. The van der Waals surface area contributed by atoms with Crippen molar-refractivity contribution in [3.05, 3.63) is 36.9 Å². The van der Waals surface area contributed by atoms with Gasteiger partial charge in [0.2, 0.25) is 0 Å². The fraction of sp³-hybridized carbons (Fsp3) is 0.526. The summed E-state index contributed by atoms with van der Waals surface area (Å²) in [7, 11) is 4.09. The zero-order chi connectivity index (χ0) is 19.1. The lowest BCUT2D eigenvalue weighted by molar-refractivity contribution is 0.191. The summed E-state index contributed by atoms with van der Waals surface area (Å²) < 4.78 is 5.66. The van der Waals surface area contributed by atoms with Crippen molar-refractivity contribution in [2.75, 3.05) is 50.6 Å². The van der Waals surface area contributed by atoms with Gasteiger partial charge in [-0.15, -0.1) is 0 Å². The summed E-state index contributed by atoms with van der Waals surface area (Å²) in [6, 6.07) is 5.90. The van der Waals surface area contributed by atoms with Gasteiger partial charge in [0.25, 0.3) is 0 Å². The van der Waals surface area contributed by atoms with Crippen LogP contribution in [0.4, 0.5) is 11.6 Å². The van der Waals surface area contributed by atoms with Crippen LogP contribution in [0.25, 0.3) is 0 Å². The molecule has 27 heavy (non-hydrogen) atoms. The number of nitrogens with one attached hydrogen (secondary N) is 1. The Hall–Kier alpha value is -2.45. The van der Waals surface area contributed by atoms with E-state index in [9.17, 15) is 5.11 Å². The number of aromatic nitrogens is 3. The molecule has 3 rings (SSSR count). The average molecular weight is 372 g/mol. The summed E-state index contributed by atoms with van der Waals surface area (Å²) in [5, 5.41) is 13.4. The predicted octanol–water partition coefficient (Wildman–Crippen LogP) is 1.25. The third kappa shape index (κ3) is 5.77. The highest BCUT2D eigenvalue weighted by molar-refractivity contribution is 5.50. The number of likely N-dealkylation sites (N-methyl/N-ethyl adjacent to an activating group) is 1. The zero-order valence-electron chi connectivity index (χ0n) is 16.0. The number of pyridine rings is 1. The van der Waals surface area contributed by atoms with Gasteiger partial charge >= 0.3 is 0 Å². The number of rotatable bonds is 9. The minimum absolute atomic E-state index is 0.256. The first-order valence-corrected chi connectivity index (χ1v) is 9.30. The van der Waals surface area contributed by atoms with Crippen molar-refractivity contribution in [1.29, 1.82) is 0 Å². The SMILES string of the molecule is CN(C)C[C@H]1C[C@@H](O)CN1c1cc(NCCCOc2ccncc2)ncn1. The van der Waals surface area contributed by atoms with Crippen LogP contribution in [0, 0.1) is 0 Å². The molecule has 8 nitrogen and oxygen atoms in total. The molecule has 0 saturated carbocycles. The van der Waals surface area contributed by atoms with Crippen LogP contribution in [0.2, 0.25) is 0 Å². The summed E-state index contributed by atoms with van der Waals surface area (Å²) in [4.78, 5) is 17.0. The lowest BCUT2D eigenvalue weighted by Gasteiger charge is -2.27. The maximum absolute atomic E-state index is 10.1. The summed E-state index contributed by atoms with van der Waals surface area (Å²) in [6.07, 6.45) is 6.31. The van der Waals surface area contributed by atoms with Crippen molar-refractivity contribution < 1.29 is 9.84 Å². The summed E-state index contributed by atoms with van der Waals surface area (Å²) in [6.45, 7) is 2.87. The number of nitrogens with zero attached hydrogens (tertiary/aromatic N) is 5. The normalized spacial score (nSPS) is 19.5. The smallest absolute Gasteiger partial charge is 0.134 e. The van der Waals surface area contributed by atoms with Gasteiger partial charge in [-0.25, -0.2) is 9.97 Å². The van der Waals surface area contributed by atoms with Crippen LogP contribution in [0.3, 0.4) is 0 Å². The maximum Gasteiger partial charge on any atom is 0.134 e. The van der Waals surface area contributed by atoms with Crippen LogP contribution < -0.4 is 15.0 Å². The highest BCUT2D eigenvalue weighted by Crippen LogP contribution is 2.25. The van der Waals surface area contributed by atoms with Crippen molar-refractivity contribution in [2.45, 2.75) is 25.0 Å². The molecule has 8 heteroatoms. The number of β-amino-alcohol motifs (C(OH)–C–C–N with tert-alkyl or cyclic N) is 1. The van der Waals surface area contributed by atoms with Gasteiger partial charge in [-0.05, 0) is 39.1 Å². The van der Waals surface area contributed by atoms with E-state index >= 15 is 0 Å². The quantitative estimate of drug-likeness (QED) is 0.636. The number of aliphatic hydroxyl groups excluding tert-OH is 1. The Morgan fingerprint density at radius 2 is 2.11 bits per heavy atom. The van der Waals surface area contributed by atoms with Crippen LogP contribution in [0.5, 0.6) is 5.75 Å². The first kappa shape index (κ1) is 19.3. The number of anilines is 2. The van der Waals surface area contributed by atoms with Gasteiger partial charge in [-0.1, -0.05) is 0 Å². The van der Waals surface area contributed by atoms with E-state index in [1.807, 2.05) is 32.3 Å². The monoisotopic (exact) mass is 372 g/mol. The second-order valence-electron chi connectivity index (χ2n) is 7.03. The topological polar surface area (TPSA) is 86.6 Å². The molecule has 2 aromatic rings. The zero-order valence-corrected chi connectivity index (χ0v) is 16.0. The third-order valence-electron chi connectivity index (χ3n) is 4.46. The maximum atomic E-state index is 10.1. The van der Waals surface area contributed by atoms with Crippen molar-refractivity contribution in [1.82, 2.24) is 19.9 Å². The molecule has 146 valence electrons. The van der Waals surface area contributed by atoms with Crippen LogP contribution in [0.15, 0.2) is 36.9 Å². The summed E-state index contributed by atoms with van der Waals surface area (Å²) in [5.41, 5.74) is 0. The van der Waals surface area contributed by atoms with Gasteiger partial charge in [0, 0.05) is 44.1 Å². The van der Waals surface area contributed by atoms with Gasteiger partial charge < -0.3 is 25.0 Å². The average Bonchev–Trinajstić information content (AvgIpc) is 3.02. The Balaban J connectivity index is 1.49. The van der Waals surface area contributed by atoms with Gasteiger partial charge in [0.05, 0.1) is 12.7 Å². The third-order valence-corrected chi connectivity index (χ3v) is 4.46. The van der Waals surface area contributed by atoms with Gasteiger partial charge in [0.1, 0.15) is 23.7 Å². The molecule has 1 aliphatic rings. The van der Waals surface area contributed by atoms with E-state index in [-0.39, 0.29) is 12.1 Å². The van der Waals surface area contributed by atoms with Crippen LogP contribution in [-0.2, 0) is 0 Å². The van der Waals surface area contributed by atoms with E-state index in [0.29, 0.717) is 13.2 Å². The molecule has 0 aliphatic carbocycles. The molecule has 0 bridgehead atoms. The van der Waals surface area contributed by atoms with Gasteiger partial charge in [-0.2, -0.15) is 0 Å². The molecule has 2 atom stereocenters. The standard InChI is InChI=1S/C19H28N6O2/c1-24(2)12-15-10-16(26)13-25(15)19-11-18(22-14-23-19)21-6-3-9-27-17-4-7-20-8-5-17/h4-5,7-8,11,14-16,26H,3,6,9-10,12-13H2,1-2H3,(H,21,22,23)/t15-,16-/m1/s1. The molecule has 0 amide bonds. The number of ether oxygens (including phenoxy) is 1. The van der Waals surface area contributed by atoms with E-state index in [4.69, 9.17) is 4.74 Å². The van der Waals surface area contributed by atoms with Crippen LogP contribution >= 0.6 is 0 Å². The molecule has 0 aromatic carbocycles. The van der Waals surface area contributed by atoms with Crippen molar-refractivity contribution in [3.63, 3.8) is 0 Å². The first-order chi connectivity index (χ1) is 13.1. The molecule has 0 radical (unpaired) electrons. The van der Waals surface area contributed by atoms with Crippen LogP contribution in [-0.4, -0.2) is 77.4 Å². The van der Waals surface area contributed by atoms with Crippen molar-refractivity contribution >= 4 is 11.6 Å². The molecule has 2 aromatic heterocycles. The predicted molar refractivity (Wildman–Crippen MR) is 105 cm³/mol. The molecule has 0 unspecified atom stereocenters. The minimum atomic E-state index is -0.313. The summed E-state index contributed by atoms with van der Waals surface area (Å²) in [5.74, 6) is 2.46. The Bertz CT molecular complexity index is 700. The van der Waals surface area contributed by atoms with Gasteiger partial charge in [-0.3, -0.25) is 4.98 Å². The minimum Gasteiger partial charge on any atom is -0.493 e. The fourth-order valence-electron chi connectivity index (χ4n) is 3.28. The van der Waals surface area contributed by atoms with E-state index in [0.717, 1.165) is 43.3 Å². The molecule has 1 aliphatic heterocycles. The Morgan fingerprint density at radius 1 is 1.30 bits per heavy atom. The van der Waals surface area contributed by atoms with Crippen molar-refractivity contribution in [2.24, 2.45) is 0 Å². The van der Waals surface area contributed by atoms with Crippen molar-refractivity contribution in [3.8, 4) is 5.75 Å². The second-order valence-corrected chi connectivity index (χ2v) is 7.03. The molecule has 0 spiro atoms.